The van der Waals surface area contributed by atoms with Crippen molar-refractivity contribution in [2.75, 3.05) is 13.1 Å². The molecule has 10 aliphatic carbocycles. The third-order valence-corrected chi connectivity index (χ3v) is 17.4. The molecule has 1 saturated heterocycles. The fourth-order valence-corrected chi connectivity index (χ4v) is 15.6. The van der Waals surface area contributed by atoms with Crippen LogP contribution in [0.25, 0.3) is 0 Å². The van der Waals surface area contributed by atoms with E-state index in [4.69, 9.17) is 16.3 Å². The first-order chi connectivity index (χ1) is 23.3. The first-order valence-electron chi connectivity index (χ1n) is 19.4. The number of aliphatic hydroxyl groups is 1. The average Bonchev–Trinajstić information content (AvgIpc) is 3.51. The summed E-state index contributed by atoms with van der Waals surface area (Å²) >= 11 is 6.50. The highest BCUT2D eigenvalue weighted by Gasteiger charge is 2.76. The summed E-state index contributed by atoms with van der Waals surface area (Å²) in [6.45, 7) is 6.26. The Labute approximate surface area is 295 Å². The highest BCUT2D eigenvalue weighted by molar-refractivity contribution is 6.31. The number of nitrogens with zero attached hydrogens (tertiary/aromatic N) is 1. The number of hydrogen-bond acceptors (Lipinski definition) is 4. The van der Waals surface area contributed by atoms with Crippen molar-refractivity contribution in [1.82, 2.24) is 4.90 Å². The lowest BCUT2D eigenvalue weighted by Crippen LogP contribution is -2.67. The van der Waals surface area contributed by atoms with Gasteiger partial charge in [-0.25, -0.2) is 9.18 Å². The van der Waals surface area contributed by atoms with Crippen LogP contribution in [0.1, 0.15) is 103 Å². The highest BCUT2D eigenvalue weighted by Crippen LogP contribution is 2.79. The van der Waals surface area contributed by atoms with Crippen LogP contribution in [0.15, 0.2) is 42.0 Å². The lowest BCUT2D eigenvalue weighted by atomic mass is 9.32. The van der Waals surface area contributed by atoms with E-state index in [2.05, 4.69) is 37.0 Å². The Bertz CT molecular complexity index is 1670. The molecule has 12 rings (SSSR count). The zero-order valence-corrected chi connectivity index (χ0v) is 29.9. The fourth-order valence-electron chi connectivity index (χ4n) is 15.4. The molecule has 1 heterocycles. The van der Waals surface area contributed by atoms with Crippen molar-refractivity contribution in [1.29, 1.82) is 0 Å². The number of Topliss-reactive ketones (excluding diaryl/α,β-unsaturated/α-hetero) is 1. The molecule has 7 saturated carbocycles. The number of allylic oxidation sites excluding steroid dienone is 4. The van der Waals surface area contributed by atoms with Crippen LogP contribution in [-0.2, 0) is 16.0 Å². The number of carbonyl (C=O) groups is 2. The predicted octanol–water partition coefficient (Wildman–Crippen LogP) is 8.86. The summed E-state index contributed by atoms with van der Waals surface area (Å²) in [6.07, 6.45) is 20.1. The Morgan fingerprint density at radius 1 is 0.959 bits per heavy atom. The van der Waals surface area contributed by atoms with E-state index < -0.39 is 28.4 Å². The molecule has 1 amide bonds. The molecule has 1 aromatic carbocycles. The van der Waals surface area contributed by atoms with E-state index in [1.807, 2.05) is 0 Å². The van der Waals surface area contributed by atoms with Gasteiger partial charge in [-0.05, 0) is 136 Å². The van der Waals surface area contributed by atoms with Crippen LogP contribution in [0, 0.1) is 62.5 Å². The lowest BCUT2D eigenvalue weighted by Gasteiger charge is -2.71. The average molecular weight is 688 g/mol. The third kappa shape index (κ3) is 3.97. The normalized spacial score (nSPS) is 49.9. The standard InChI is InChI=1S/C42H51ClFNO4/c1-37-9-6-28(46)21-40(37)12-13-42(30(22-40)33(47)17-29-31(43)4-3-5-32(29)44)34(37)7-10-38(2)35(42)8-11-41(38)24-45(36(48)49-41)23-39-18-25-14-26(19-39)16-27(15-25)20-39/h3-5,12-13,22,25-28,34-35,46H,6-11,14-21,23-24H2,1-2H3. The second kappa shape index (κ2) is 10.0. The van der Waals surface area contributed by atoms with Crippen molar-refractivity contribution < 1.29 is 23.8 Å². The van der Waals surface area contributed by atoms with E-state index in [9.17, 15) is 14.7 Å². The molecule has 8 atom stereocenters. The molecule has 49 heavy (non-hydrogen) atoms. The summed E-state index contributed by atoms with van der Waals surface area (Å²) in [6, 6.07) is 4.62. The molecule has 6 bridgehead atoms. The zero-order valence-electron chi connectivity index (χ0n) is 29.1. The number of rotatable bonds is 5. The Hall–Kier alpha value is -2.18. The van der Waals surface area contributed by atoms with E-state index in [1.165, 1.54) is 44.6 Å². The smallest absolute Gasteiger partial charge is 0.410 e. The third-order valence-electron chi connectivity index (χ3n) is 17.1. The van der Waals surface area contributed by atoms with Crippen LogP contribution in [0.3, 0.4) is 0 Å². The van der Waals surface area contributed by atoms with Gasteiger partial charge in [0.05, 0.1) is 12.6 Å². The Morgan fingerprint density at radius 2 is 1.63 bits per heavy atom. The Kier molecular flexibility index (Phi) is 6.45. The SMILES string of the molecule is CC12CCC(O)CC13C=CC1(C(C(=O)Cc4c(F)cccc4Cl)=C3)C2CCC2(C)C1CCC21CN(CC23CC4CC(CC(C4)C2)C3)C(=O)O1. The summed E-state index contributed by atoms with van der Waals surface area (Å²) in [5.74, 6) is 2.31. The molecule has 8 unspecified atom stereocenters. The second-order valence-corrected chi connectivity index (χ2v) is 19.6. The van der Waals surface area contributed by atoms with Crippen molar-refractivity contribution in [3.8, 4) is 0 Å². The minimum atomic E-state index is -0.580. The van der Waals surface area contributed by atoms with Crippen LogP contribution in [0.4, 0.5) is 9.18 Å². The maximum Gasteiger partial charge on any atom is 0.410 e. The predicted molar refractivity (Wildman–Crippen MR) is 185 cm³/mol. The van der Waals surface area contributed by atoms with Crippen molar-refractivity contribution in [3.05, 3.63) is 58.4 Å². The van der Waals surface area contributed by atoms with Gasteiger partial charge in [-0.15, -0.1) is 0 Å². The molecule has 5 nitrogen and oxygen atoms in total. The van der Waals surface area contributed by atoms with Crippen molar-refractivity contribution in [2.45, 2.75) is 115 Å². The monoisotopic (exact) mass is 687 g/mol. The fraction of sp³-hybridized carbons (Fsp3) is 0.714. The minimum absolute atomic E-state index is 0.0695. The molecule has 1 aromatic rings. The van der Waals surface area contributed by atoms with E-state index in [-0.39, 0.29) is 57.0 Å². The first-order valence-corrected chi connectivity index (χ1v) is 19.8. The molecule has 1 N–H and O–H groups in total. The van der Waals surface area contributed by atoms with E-state index in [1.54, 1.807) is 12.1 Å². The summed E-state index contributed by atoms with van der Waals surface area (Å²) in [5, 5.41) is 11.3. The zero-order chi connectivity index (χ0) is 33.8. The largest absolute Gasteiger partial charge is 0.440 e. The van der Waals surface area contributed by atoms with Crippen LogP contribution < -0.4 is 0 Å². The second-order valence-electron chi connectivity index (χ2n) is 19.2. The molecule has 7 heteroatoms. The van der Waals surface area contributed by atoms with Crippen LogP contribution >= 0.6 is 11.6 Å². The number of amides is 1. The van der Waals surface area contributed by atoms with Crippen molar-refractivity contribution in [2.24, 2.45) is 56.7 Å². The molecular formula is C42H51ClFNO4. The summed E-state index contributed by atoms with van der Waals surface area (Å²) in [7, 11) is 0. The van der Waals surface area contributed by atoms with Gasteiger partial charge in [0.15, 0.2) is 5.78 Å². The van der Waals surface area contributed by atoms with Gasteiger partial charge in [0.1, 0.15) is 11.4 Å². The summed E-state index contributed by atoms with van der Waals surface area (Å²) in [4.78, 5) is 30.8. The summed E-state index contributed by atoms with van der Waals surface area (Å²) in [5.41, 5.74) is -0.654. The van der Waals surface area contributed by atoms with E-state index >= 15 is 4.39 Å². The van der Waals surface area contributed by atoms with Gasteiger partial charge >= 0.3 is 6.09 Å². The number of halogens is 2. The van der Waals surface area contributed by atoms with Gasteiger partial charge in [0.2, 0.25) is 0 Å². The van der Waals surface area contributed by atoms with Gasteiger partial charge < -0.3 is 14.7 Å². The Balaban J connectivity index is 1.02. The van der Waals surface area contributed by atoms with Crippen LogP contribution in [0.2, 0.25) is 5.02 Å². The van der Waals surface area contributed by atoms with Gasteiger partial charge in [0.25, 0.3) is 0 Å². The maximum atomic E-state index is 15.1. The number of ether oxygens (including phenoxy) is 1. The number of carbonyl (C=O) groups excluding carboxylic acids is 2. The van der Waals surface area contributed by atoms with Gasteiger partial charge in [0, 0.05) is 45.4 Å². The molecule has 0 aromatic heterocycles. The number of ketones is 1. The molecule has 1 aliphatic heterocycles. The molecule has 262 valence electrons. The maximum absolute atomic E-state index is 15.1. The summed E-state index contributed by atoms with van der Waals surface area (Å²) < 4.78 is 21.9. The van der Waals surface area contributed by atoms with Crippen molar-refractivity contribution >= 4 is 23.5 Å². The van der Waals surface area contributed by atoms with Gasteiger partial charge in [-0.1, -0.05) is 49.7 Å². The van der Waals surface area contributed by atoms with Gasteiger partial charge in [-0.2, -0.15) is 0 Å². The molecule has 3 spiro atoms. The Morgan fingerprint density at radius 3 is 2.35 bits per heavy atom. The lowest BCUT2D eigenvalue weighted by molar-refractivity contribution is -0.169. The number of hydrogen-bond donors (Lipinski definition) is 1. The van der Waals surface area contributed by atoms with Crippen LogP contribution in [0.5, 0.6) is 0 Å². The quantitative estimate of drug-likeness (QED) is 0.314. The molecule has 11 aliphatic rings. The number of fused-ring (bicyclic) bond motifs is 2. The van der Waals surface area contributed by atoms with Crippen LogP contribution in [-0.4, -0.2) is 46.7 Å². The number of benzene rings is 1. The van der Waals surface area contributed by atoms with Crippen molar-refractivity contribution in [3.63, 3.8) is 0 Å². The van der Waals surface area contributed by atoms with Gasteiger partial charge in [-0.3, -0.25) is 4.79 Å². The van der Waals surface area contributed by atoms with E-state index in [0.717, 1.165) is 68.4 Å². The first kappa shape index (κ1) is 31.5. The minimum Gasteiger partial charge on any atom is -0.440 e. The molecule has 8 fully saturated rings. The topological polar surface area (TPSA) is 66.8 Å². The number of aliphatic hydroxyl groups excluding tert-OH is 1. The highest BCUT2D eigenvalue weighted by atomic mass is 35.5. The van der Waals surface area contributed by atoms with E-state index in [0.29, 0.717) is 13.0 Å². The molecular weight excluding hydrogens is 637 g/mol. The molecule has 0 radical (unpaired) electrons.